The summed E-state index contributed by atoms with van der Waals surface area (Å²) in [7, 11) is 3.96. The second kappa shape index (κ2) is 5.53. The fourth-order valence-corrected chi connectivity index (χ4v) is 2.90. The Balaban J connectivity index is 1.86. The summed E-state index contributed by atoms with van der Waals surface area (Å²) in [6.07, 6.45) is 5.70. The van der Waals surface area contributed by atoms with Crippen LogP contribution in [0.2, 0.25) is 0 Å². The van der Waals surface area contributed by atoms with Crippen LogP contribution in [0, 0.1) is 3.57 Å². The molecule has 4 nitrogen and oxygen atoms in total. The molecule has 0 aliphatic heterocycles. The number of fused-ring (bicyclic) bond motifs is 1. The number of aromatic nitrogens is 2. The van der Waals surface area contributed by atoms with Crippen molar-refractivity contribution in [2.24, 2.45) is 0 Å². The Morgan fingerprint density at radius 1 is 1.30 bits per heavy atom. The summed E-state index contributed by atoms with van der Waals surface area (Å²) >= 11 is 3.89. The molecule has 0 aliphatic carbocycles. The fourth-order valence-electron chi connectivity index (χ4n) is 1.70. The Labute approximate surface area is 134 Å². The predicted octanol–water partition coefficient (Wildman–Crippen LogP) is 4.13. The van der Waals surface area contributed by atoms with Crippen molar-refractivity contribution in [1.29, 1.82) is 0 Å². The summed E-state index contributed by atoms with van der Waals surface area (Å²) in [6, 6.07) is 5.97. The molecule has 0 N–H and O–H groups in total. The second-order valence-corrected chi connectivity index (χ2v) is 6.72. The smallest absolute Gasteiger partial charge is 0.220 e. The lowest BCUT2D eigenvalue weighted by molar-refractivity contribution is 0.589. The van der Waals surface area contributed by atoms with Crippen molar-refractivity contribution in [3.63, 3.8) is 0 Å². The largest absolute Gasteiger partial charge is 0.437 e. The van der Waals surface area contributed by atoms with Crippen molar-refractivity contribution in [1.82, 2.24) is 9.97 Å². The van der Waals surface area contributed by atoms with Crippen LogP contribution in [-0.4, -0.2) is 24.1 Å². The number of oxazole rings is 1. The number of rotatable bonds is 3. The van der Waals surface area contributed by atoms with Crippen LogP contribution in [0.4, 0.5) is 5.13 Å². The van der Waals surface area contributed by atoms with E-state index in [1.165, 1.54) is 0 Å². The third kappa shape index (κ3) is 2.85. The third-order valence-corrected chi connectivity index (χ3v) is 4.45. The average Bonchev–Trinajstić information content (AvgIpc) is 3.01. The molecule has 0 saturated carbocycles. The van der Waals surface area contributed by atoms with Crippen molar-refractivity contribution in [3.05, 3.63) is 38.7 Å². The molecule has 0 atom stereocenters. The number of thiazole rings is 1. The van der Waals surface area contributed by atoms with Crippen molar-refractivity contribution < 1.29 is 4.42 Å². The minimum absolute atomic E-state index is 0.613. The second-order valence-electron chi connectivity index (χ2n) is 4.44. The molecule has 0 fully saturated rings. The monoisotopic (exact) mass is 397 g/mol. The molecule has 2 aromatic heterocycles. The van der Waals surface area contributed by atoms with Crippen LogP contribution in [0.15, 0.2) is 28.8 Å². The zero-order valence-electron chi connectivity index (χ0n) is 11.0. The number of anilines is 1. The Morgan fingerprint density at radius 3 is 2.90 bits per heavy atom. The van der Waals surface area contributed by atoms with Crippen LogP contribution in [-0.2, 0) is 0 Å². The first kappa shape index (κ1) is 13.6. The number of halogens is 1. The molecule has 2 heterocycles. The quantitative estimate of drug-likeness (QED) is 0.624. The number of benzene rings is 1. The summed E-state index contributed by atoms with van der Waals surface area (Å²) in [6.45, 7) is 0. The van der Waals surface area contributed by atoms with Gasteiger partial charge in [0.1, 0.15) is 5.52 Å². The molecule has 6 heteroatoms. The van der Waals surface area contributed by atoms with Gasteiger partial charge >= 0.3 is 0 Å². The van der Waals surface area contributed by atoms with Crippen molar-refractivity contribution in [2.75, 3.05) is 19.0 Å². The fraction of sp³-hybridized carbons (Fsp3) is 0.143. The molecular formula is C14H12IN3OS. The van der Waals surface area contributed by atoms with Gasteiger partial charge in [-0.15, -0.1) is 0 Å². The predicted molar refractivity (Wildman–Crippen MR) is 92.1 cm³/mol. The van der Waals surface area contributed by atoms with E-state index in [-0.39, 0.29) is 0 Å². The van der Waals surface area contributed by atoms with Gasteiger partial charge in [-0.3, -0.25) is 0 Å². The van der Waals surface area contributed by atoms with Gasteiger partial charge in [0.25, 0.3) is 0 Å². The maximum atomic E-state index is 5.70. The van der Waals surface area contributed by atoms with E-state index in [2.05, 4.69) is 32.6 Å². The summed E-state index contributed by atoms with van der Waals surface area (Å²) < 4.78 is 6.83. The third-order valence-electron chi connectivity index (χ3n) is 2.65. The van der Waals surface area contributed by atoms with E-state index < -0.39 is 0 Å². The van der Waals surface area contributed by atoms with E-state index in [1.54, 1.807) is 11.3 Å². The lowest BCUT2D eigenvalue weighted by Gasteiger charge is -2.04. The molecule has 0 unspecified atom stereocenters. The average molecular weight is 397 g/mol. The first-order valence-electron chi connectivity index (χ1n) is 5.99. The molecule has 1 aromatic carbocycles. The van der Waals surface area contributed by atoms with Crippen LogP contribution in [0.1, 0.15) is 10.8 Å². The molecule has 0 spiro atoms. The van der Waals surface area contributed by atoms with Crippen molar-refractivity contribution >= 4 is 62.3 Å². The Morgan fingerprint density at radius 2 is 2.15 bits per heavy atom. The van der Waals surface area contributed by atoms with Gasteiger partial charge in [-0.1, -0.05) is 11.3 Å². The van der Waals surface area contributed by atoms with Crippen LogP contribution in [0.5, 0.6) is 0 Å². The van der Waals surface area contributed by atoms with Crippen molar-refractivity contribution in [2.45, 2.75) is 0 Å². The minimum atomic E-state index is 0.613. The van der Waals surface area contributed by atoms with Crippen LogP contribution in [0.25, 0.3) is 23.3 Å². The highest BCUT2D eigenvalue weighted by Gasteiger charge is 2.04. The van der Waals surface area contributed by atoms with E-state index in [0.717, 1.165) is 24.7 Å². The maximum absolute atomic E-state index is 5.70. The highest BCUT2D eigenvalue weighted by atomic mass is 127. The van der Waals surface area contributed by atoms with Gasteiger partial charge in [0.05, 0.1) is 0 Å². The Hall–Kier alpha value is -1.41. The highest BCUT2D eigenvalue weighted by molar-refractivity contribution is 14.1. The summed E-state index contributed by atoms with van der Waals surface area (Å²) in [4.78, 5) is 11.8. The zero-order chi connectivity index (χ0) is 14.1. The number of hydrogen-bond donors (Lipinski definition) is 0. The summed E-state index contributed by atoms with van der Waals surface area (Å²) in [5.41, 5.74) is 1.69. The molecule has 0 amide bonds. The molecule has 0 bridgehead atoms. The van der Waals surface area contributed by atoms with Gasteiger partial charge in [-0.25, -0.2) is 9.97 Å². The van der Waals surface area contributed by atoms with E-state index in [4.69, 9.17) is 4.42 Å². The lowest BCUT2D eigenvalue weighted by atomic mass is 10.3. The molecule has 102 valence electrons. The molecule has 3 aromatic rings. The molecule has 0 saturated heterocycles. The van der Waals surface area contributed by atoms with E-state index in [1.807, 2.05) is 55.5 Å². The van der Waals surface area contributed by atoms with Crippen LogP contribution >= 0.6 is 33.9 Å². The Kier molecular flexibility index (Phi) is 3.75. The summed E-state index contributed by atoms with van der Waals surface area (Å²) in [5.74, 6) is 0.613. The normalized spacial score (nSPS) is 11.6. The van der Waals surface area contributed by atoms with E-state index in [0.29, 0.717) is 5.89 Å². The van der Waals surface area contributed by atoms with Gasteiger partial charge in [0.15, 0.2) is 10.7 Å². The zero-order valence-corrected chi connectivity index (χ0v) is 14.0. The summed E-state index contributed by atoms with van der Waals surface area (Å²) in [5, 5.41) is 0.983. The minimum Gasteiger partial charge on any atom is -0.437 e. The first-order chi connectivity index (χ1) is 9.61. The van der Waals surface area contributed by atoms with Crippen LogP contribution in [0.3, 0.4) is 0 Å². The van der Waals surface area contributed by atoms with Crippen molar-refractivity contribution in [3.8, 4) is 0 Å². The molecule has 0 radical (unpaired) electrons. The number of hydrogen-bond acceptors (Lipinski definition) is 5. The first-order valence-corrected chi connectivity index (χ1v) is 7.89. The van der Waals surface area contributed by atoms with Gasteiger partial charge in [0.2, 0.25) is 5.89 Å². The standard InChI is InChI=1S/C14H12IN3OS/c1-18(2)14-16-8-10(20-14)4-6-13-17-11-5-3-9(15)7-12(11)19-13/h3-8H,1-2H3/b6-4+. The van der Waals surface area contributed by atoms with E-state index in [9.17, 15) is 0 Å². The molecule has 3 rings (SSSR count). The van der Waals surface area contributed by atoms with Gasteiger partial charge in [0, 0.05) is 34.8 Å². The molecular weight excluding hydrogens is 385 g/mol. The SMILES string of the molecule is CN(C)c1ncc(/C=C/c2nc3ccc(I)cc3o2)s1. The molecule has 20 heavy (non-hydrogen) atoms. The van der Waals surface area contributed by atoms with E-state index >= 15 is 0 Å². The number of nitrogens with zero attached hydrogens (tertiary/aromatic N) is 3. The lowest BCUT2D eigenvalue weighted by Crippen LogP contribution is -2.07. The van der Waals surface area contributed by atoms with Gasteiger partial charge < -0.3 is 9.32 Å². The topological polar surface area (TPSA) is 42.2 Å². The Bertz CT molecular complexity index is 776. The van der Waals surface area contributed by atoms with Gasteiger partial charge in [-0.2, -0.15) is 0 Å². The molecule has 0 aliphatic rings. The van der Waals surface area contributed by atoms with Crippen LogP contribution < -0.4 is 4.90 Å². The maximum Gasteiger partial charge on any atom is 0.220 e. The van der Waals surface area contributed by atoms with Gasteiger partial charge in [-0.05, 0) is 46.9 Å². The highest BCUT2D eigenvalue weighted by Crippen LogP contribution is 2.23.